The summed E-state index contributed by atoms with van der Waals surface area (Å²) in [5, 5.41) is 2.52. The van der Waals surface area contributed by atoms with Gasteiger partial charge in [-0.3, -0.25) is 0 Å². The van der Waals surface area contributed by atoms with Crippen LogP contribution in [-0.2, 0) is 0 Å². The Bertz CT molecular complexity index is 1250. The molecule has 1 aliphatic heterocycles. The lowest BCUT2D eigenvalue weighted by molar-refractivity contribution is 0.340. The van der Waals surface area contributed by atoms with Crippen LogP contribution in [-0.4, -0.2) is 19.6 Å². The average Bonchev–Trinajstić information content (AvgIpc) is 2.83. The van der Waals surface area contributed by atoms with Crippen LogP contribution in [0.3, 0.4) is 0 Å². The zero-order valence-corrected chi connectivity index (χ0v) is 18.4. The van der Waals surface area contributed by atoms with E-state index in [0.717, 1.165) is 35.1 Å². The Morgan fingerprint density at radius 2 is 1.56 bits per heavy atom. The number of hydrogen-bond acceptors (Lipinski definition) is 3. The van der Waals surface area contributed by atoms with Crippen molar-refractivity contribution >= 4 is 28.0 Å². The van der Waals surface area contributed by atoms with E-state index in [0.29, 0.717) is 6.61 Å². The predicted molar refractivity (Wildman–Crippen MR) is 131 cm³/mol. The molecule has 1 atom stereocenters. The Morgan fingerprint density at radius 3 is 2.28 bits per heavy atom. The fraction of sp³-hybridized carbons (Fsp3) is 0.179. The van der Waals surface area contributed by atoms with E-state index in [1.807, 2.05) is 43.3 Å². The third-order valence-electron chi connectivity index (χ3n) is 5.88. The predicted octanol–water partition coefficient (Wildman–Crippen LogP) is 6.93. The molecule has 4 heteroatoms. The van der Waals surface area contributed by atoms with Crippen LogP contribution in [0, 0.1) is 0 Å². The Hall–Kier alpha value is -3.79. The first-order valence-electron chi connectivity index (χ1n) is 11.0. The van der Waals surface area contributed by atoms with E-state index < -0.39 is 0 Å². The Balaban J connectivity index is 1.50. The lowest BCUT2D eigenvalue weighted by Gasteiger charge is -2.44. The van der Waals surface area contributed by atoms with Crippen LogP contribution in [0.25, 0.3) is 10.8 Å². The molecule has 4 aromatic carbocycles. The van der Waals surface area contributed by atoms with Gasteiger partial charge in [-0.2, -0.15) is 0 Å². The Morgan fingerprint density at radius 1 is 0.844 bits per heavy atom. The number of rotatable bonds is 6. The highest BCUT2D eigenvalue weighted by molar-refractivity contribution is 6.06. The molecule has 4 nitrogen and oxygen atoms in total. The standard InChI is InChI=1S/C28H26N2O2/c1-3-32-26-16-12-24(13-17-26)30-27(22-9-8-20-6-4-5-7-21(20)18-22)19-28(30)29-23-10-14-25(31-2)15-11-23/h4-18,27H,3,19H2,1-2H3/b29-28+. The Labute approximate surface area is 188 Å². The molecule has 160 valence electrons. The van der Waals surface area contributed by atoms with Gasteiger partial charge in [-0.15, -0.1) is 0 Å². The van der Waals surface area contributed by atoms with Crippen molar-refractivity contribution in [3.63, 3.8) is 0 Å². The van der Waals surface area contributed by atoms with Gasteiger partial charge in [0.2, 0.25) is 0 Å². The maximum atomic E-state index is 5.64. The summed E-state index contributed by atoms with van der Waals surface area (Å²) in [6.07, 6.45) is 0.886. The molecule has 0 N–H and O–H groups in total. The molecule has 0 aromatic heterocycles. The molecular formula is C28H26N2O2. The van der Waals surface area contributed by atoms with E-state index in [2.05, 4.69) is 59.5 Å². The number of hydrogen-bond donors (Lipinski definition) is 0. The minimum Gasteiger partial charge on any atom is -0.497 e. The van der Waals surface area contributed by atoms with Gasteiger partial charge in [-0.1, -0.05) is 36.4 Å². The fourth-order valence-corrected chi connectivity index (χ4v) is 4.22. The maximum Gasteiger partial charge on any atom is 0.119 e. The van der Waals surface area contributed by atoms with Crippen molar-refractivity contribution in [2.45, 2.75) is 19.4 Å². The highest BCUT2D eigenvalue weighted by Crippen LogP contribution is 2.41. The summed E-state index contributed by atoms with van der Waals surface area (Å²) in [7, 11) is 1.68. The molecule has 1 fully saturated rings. The molecule has 0 spiro atoms. The molecule has 1 heterocycles. The van der Waals surface area contributed by atoms with Crippen LogP contribution >= 0.6 is 0 Å². The molecule has 0 amide bonds. The maximum absolute atomic E-state index is 5.64. The third-order valence-corrected chi connectivity index (χ3v) is 5.88. The molecule has 0 saturated carbocycles. The molecule has 5 rings (SSSR count). The van der Waals surface area contributed by atoms with E-state index in [1.54, 1.807) is 7.11 Å². The summed E-state index contributed by atoms with van der Waals surface area (Å²) >= 11 is 0. The number of ether oxygens (including phenoxy) is 2. The van der Waals surface area contributed by atoms with Crippen LogP contribution in [0.15, 0.2) is 96.0 Å². The molecule has 1 unspecified atom stereocenters. The van der Waals surface area contributed by atoms with Gasteiger partial charge < -0.3 is 14.4 Å². The summed E-state index contributed by atoms with van der Waals surface area (Å²) in [5.41, 5.74) is 3.34. The van der Waals surface area contributed by atoms with Gasteiger partial charge in [0.25, 0.3) is 0 Å². The van der Waals surface area contributed by atoms with Gasteiger partial charge in [0.1, 0.15) is 17.3 Å². The lowest BCUT2D eigenvalue weighted by atomic mass is 9.91. The topological polar surface area (TPSA) is 34.1 Å². The van der Waals surface area contributed by atoms with E-state index in [9.17, 15) is 0 Å². The zero-order chi connectivity index (χ0) is 21.9. The van der Waals surface area contributed by atoms with E-state index in [1.165, 1.54) is 16.3 Å². The van der Waals surface area contributed by atoms with Crippen molar-refractivity contribution in [1.82, 2.24) is 0 Å². The quantitative estimate of drug-likeness (QED) is 0.338. The molecule has 1 aliphatic rings. The number of aliphatic imine (C=N–C) groups is 1. The SMILES string of the molecule is CCOc1ccc(N2/C(=N/c3ccc(OC)cc3)CC2c2ccc3ccccc3c2)cc1. The summed E-state index contributed by atoms with van der Waals surface area (Å²) in [6.45, 7) is 2.66. The second-order valence-corrected chi connectivity index (χ2v) is 7.85. The first-order valence-corrected chi connectivity index (χ1v) is 11.0. The minimum absolute atomic E-state index is 0.245. The van der Waals surface area contributed by atoms with Crippen molar-refractivity contribution in [1.29, 1.82) is 0 Å². The summed E-state index contributed by atoms with van der Waals surface area (Å²) in [4.78, 5) is 7.27. The second-order valence-electron chi connectivity index (χ2n) is 7.85. The van der Waals surface area contributed by atoms with Gasteiger partial charge in [0, 0.05) is 12.1 Å². The molecule has 4 aromatic rings. The second kappa shape index (κ2) is 8.75. The lowest BCUT2D eigenvalue weighted by Crippen LogP contribution is -2.46. The largest absolute Gasteiger partial charge is 0.497 e. The number of methoxy groups -OCH3 is 1. The van der Waals surface area contributed by atoms with Crippen molar-refractivity contribution in [2.24, 2.45) is 4.99 Å². The van der Waals surface area contributed by atoms with Gasteiger partial charge in [0.05, 0.1) is 25.4 Å². The number of fused-ring (bicyclic) bond motifs is 1. The average molecular weight is 423 g/mol. The van der Waals surface area contributed by atoms with Crippen LogP contribution in [0.2, 0.25) is 0 Å². The summed E-state index contributed by atoms with van der Waals surface area (Å²) in [6, 6.07) is 31.6. The Kier molecular flexibility index (Phi) is 5.51. The monoisotopic (exact) mass is 422 g/mol. The number of benzene rings is 4. The minimum atomic E-state index is 0.245. The summed E-state index contributed by atoms with van der Waals surface area (Å²) < 4.78 is 10.9. The highest BCUT2D eigenvalue weighted by atomic mass is 16.5. The fourth-order valence-electron chi connectivity index (χ4n) is 4.22. The van der Waals surface area contributed by atoms with E-state index in [4.69, 9.17) is 14.5 Å². The number of amidine groups is 1. The van der Waals surface area contributed by atoms with Gasteiger partial charge in [-0.25, -0.2) is 4.99 Å². The van der Waals surface area contributed by atoms with Crippen LogP contribution in [0.1, 0.15) is 24.9 Å². The van der Waals surface area contributed by atoms with Crippen molar-refractivity contribution in [2.75, 3.05) is 18.6 Å². The normalized spacial score (nSPS) is 16.8. The van der Waals surface area contributed by atoms with Crippen LogP contribution < -0.4 is 14.4 Å². The molecular weight excluding hydrogens is 396 g/mol. The van der Waals surface area contributed by atoms with Gasteiger partial charge >= 0.3 is 0 Å². The van der Waals surface area contributed by atoms with Crippen molar-refractivity contribution in [3.05, 3.63) is 96.6 Å². The van der Waals surface area contributed by atoms with Crippen molar-refractivity contribution in [3.8, 4) is 11.5 Å². The van der Waals surface area contributed by atoms with Crippen LogP contribution in [0.4, 0.5) is 11.4 Å². The first-order chi connectivity index (χ1) is 15.7. The zero-order valence-electron chi connectivity index (χ0n) is 18.4. The first kappa shape index (κ1) is 20.1. The van der Waals surface area contributed by atoms with Gasteiger partial charge in [0.15, 0.2) is 0 Å². The van der Waals surface area contributed by atoms with E-state index >= 15 is 0 Å². The number of nitrogens with zero attached hydrogens (tertiary/aromatic N) is 2. The third kappa shape index (κ3) is 3.92. The molecule has 1 saturated heterocycles. The smallest absolute Gasteiger partial charge is 0.119 e. The molecule has 0 aliphatic carbocycles. The number of anilines is 1. The van der Waals surface area contributed by atoms with E-state index in [-0.39, 0.29) is 6.04 Å². The summed E-state index contributed by atoms with van der Waals surface area (Å²) in [5.74, 6) is 2.77. The molecule has 0 radical (unpaired) electrons. The highest BCUT2D eigenvalue weighted by Gasteiger charge is 2.36. The molecule has 32 heavy (non-hydrogen) atoms. The van der Waals surface area contributed by atoms with Gasteiger partial charge in [-0.05, 0) is 77.9 Å². The molecule has 0 bridgehead atoms. The van der Waals surface area contributed by atoms with Crippen LogP contribution in [0.5, 0.6) is 11.5 Å². The van der Waals surface area contributed by atoms with Crippen molar-refractivity contribution < 1.29 is 9.47 Å².